The molecule has 3 nitrogen and oxygen atoms in total. The van der Waals surface area contributed by atoms with Crippen LogP contribution in [0.4, 0.5) is 0 Å². The van der Waals surface area contributed by atoms with Crippen LogP contribution in [0.15, 0.2) is 42.6 Å². The molecule has 0 saturated heterocycles. The smallest absolute Gasteiger partial charge is 0.0798 e. The van der Waals surface area contributed by atoms with Crippen LogP contribution < -0.4 is 5.32 Å². The fraction of sp³-hybridized carbons (Fsp3) is 0.500. The molecule has 1 aromatic heterocycles. The SMILES string of the molecule is CCCNC(CCC(C)C)c1ccn(-c2ccccc2)n1. The summed E-state index contributed by atoms with van der Waals surface area (Å²) in [5.41, 5.74) is 2.26. The molecule has 1 heterocycles. The zero-order chi connectivity index (χ0) is 15.1. The van der Waals surface area contributed by atoms with Crippen molar-refractivity contribution in [2.24, 2.45) is 5.92 Å². The summed E-state index contributed by atoms with van der Waals surface area (Å²) in [6.45, 7) is 7.80. The molecule has 0 bridgehead atoms. The van der Waals surface area contributed by atoms with Crippen LogP contribution in [0.2, 0.25) is 0 Å². The van der Waals surface area contributed by atoms with E-state index < -0.39 is 0 Å². The maximum absolute atomic E-state index is 4.77. The molecule has 0 spiro atoms. The summed E-state index contributed by atoms with van der Waals surface area (Å²) < 4.78 is 1.96. The Bertz CT molecular complexity index is 516. The number of nitrogens with one attached hydrogen (secondary N) is 1. The van der Waals surface area contributed by atoms with Gasteiger partial charge in [0.25, 0.3) is 0 Å². The molecule has 0 amide bonds. The zero-order valence-corrected chi connectivity index (χ0v) is 13.4. The monoisotopic (exact) mass is 285 g/mol. The van der Waals surface area contributed by atoms with Gasteiger partial charge in [0.2, 0.25) is 0 Å². The Hall–Kier alpha value is -1.61. The van der Waals surface area contributed by atoms with Crippen LogP contribution >= 0.6 is 0 Å². The quantitative estimate of drug-likeness (QED) is 0.781. The summed E-state index contributed by atoms with van der Waals surface area (Å²) in [6.07, 6.45) is 5.57. The molecule has 1 N–H and O–H groups in total. The number of hydrogen-bond acceptors (Lipinski definition) is 2. The second kappa shape index (κ2) is 7.99. The van der Waals surface area contributed by atoms with Gasteiger partial charge in [-0.2, -0.15) is 5.10 Å². The van der Waals surface area contributed by atoms with Crippen molar-refractivity contribution in [3.8, 4) is 5.69 Å². The van der Waals surface area contributed by atoms with Crippen molar-refractivity contribution in [2.75, 3.05) is 6.54 Å². The molecule has 1 unspecified atom stereocenters. The van der Waals surface area contributed by atoms with E-state index in [1.54, 1.807) is 0 Å². The molecule has 0 aliphatic heterocycles. The highest BCUT2D eigenvalue weighted by atomic mass is 15.3. The first-order valence-electron chi connectivity index (χ1n) is 8.05. The normalized spacial score (nSPS) is 12.8. The fourth-order valence-corrected chi connectivity index (χ4v) is 2.42. The van der Waals surface area contributed by atoms with Crippen LogP contribution in [-0.2, 0) is 0 Å². The van der Waals surface area contributed by atoms with Crippen molar-refractivity contribution in [1.29, 1.82) is 0 Å². The van der Waals surface area contributed by atoms with Crippen molar-refractivity contribution < 1.29 is 0 Å². The standard InChI is InChI=1S/C18H27N3/c1-4-13-19-17(11-10-15(2)3)18-12-14-21(20-18)16-8-6-5-7-9-16/h5-9,12,14-15,17,19H,4,10-11,13H2,1-3H3. The molecule has 0 saturated carbocycles. The van der Waals surface area contributed by atoms with E-state index in [2.05, 4.69) is 50.5 Å². The molecular formula is C18H27N3. The molecule has 0 fully saturated rings. The van der Waals surface area contributed by atoms with Gasteiger partial charge in [-0.25, -0.2) is 4.68 Å². The van der Waals surface area contributed by atoms with E-state index in [-0.39, 0.29) is 0 Å². The lowest BCUT2D eigenvalue weighted by molar-refractivity contribution is 0.432. The zero-order valence-electron chi connectivity index (χ0n) is 13.4. The van der Waals surface area contributed by atoms with Gasteiger partial charge in [0.15, 0.2) is 0 Å². The van der Waals surface area contributed by atoms with Gasteiger partial charge in [0.1, 0.15) is 0 Å². The molecule has 0 aliphatic carbocycles. The summed E-state index contributed by atoms with van der Waals surface area (Å²) in [7, 11) is 0. The molecule has 0 aliphatic rings. The minimum absolute atomic E-state index is 0.359. The molecule has 0 radical (unpaired) electrons. The van der Waals surface area contributed by atoms with Crippen LogP contribution in [0.3, 0.4) is 0 Å². The van der Waals surface area contributed by atoms with Crippen LogP contribution in [0.1, 0.15) is 51.8 Å². The highest BCUT2D eigenvalue weighted by Gasteiger charge is 2.14. The van der Waals surface area contributed by atoms with Gasteiger partial charge in [0.05, 0.1) is 17.4 Å². The molecule has 1 atom stereocenters. The summed E-state index contributed by atoms with van der Waals surface area (Å²) in [4.78, 5) is 0. The number of benzene rings is 1. The Morgan fingerprint density at radius 3 is 2.52 bits per heavy atom. The van der Waals surface area contributed by atoms with Gasteiger partial charge in [-0.3, -0.25) is 0 Å². The Kier molecular flexibility index (Phi) is 6.00. The van der Waals surface area contributed by atoms with E-state index in [0.717, 1.165) is 36.7 Å². The largest absolute Gasteiger partial charge is 0.309 e. The third kappa shape index (κ3) is 4.71. The summed E-state index contributed by atoms with van der Waals surface area (Å²) in [5.74, 6) is 0.729. The van der Waals surface area contributed by atoms with E-state index >= 15 is 0 Å². The lowest BCUT2D eigenvalue weighted by Gasteiger charge is -2.17. The van der Waals surface area contributed by atoms with Gasteiger partial charge in [-0.05, 0) is 49.9 Å². The van der Waals surface area contributed by atoms with Crippen LogP contribution in [-0.4, -0.2) is 16.3 Å². The van der Waals surface area contributed by atoms with Crippen molar-refractivity contribution in [2.45, 2.75) is 46.1 Å². The topological polar surface area (TPSA) is 29.9 Å². The lowest BCUT2D eigenvalue weighted by atomic mass is 10.0. The van der Waals surface area contributed by atoms with E-state index in [1.165, 1.54) is 6.42 Å². The van der Waals surface area contributed by atoms with Gasteiger partial charge in [-0.1, -0.05) is 39.0 Å². The second-order valence-corrected chi connectivity index (χ2v) is 6.00. The van der Waals surface area contributed by atoms with Gasteiger partial charge < -0.3 is 5.32 Å². The maximum Gasteiger partial charge on any atom is 0.0798 e. The molecule has 3 heteroatoms. The van der Waals surface area contributed by atoms with Crippen LogP contribution in [0, 0.1) is 5.92 Å². The fourth-order valence-electron chi connectivity index (χ4n) is 2.42. The third-order valence-electron chi connectivity index (χ3n) is 3.66. The number of hydrogen-bond donors (Lipinski definition) is 1. The molecule has 114 valence electrons. The summed E-state index contributed by atoms with van der Waals surface area (Å²) in [5, 5.41) is 8.40. The average Bonchev–Trinajstić information content (AvgIpc) is 2.98. The molecular weight excluding hydrogens is 258 g/mol. The predicted octanol–water partition coefficient (Wildman–Crippen LogP) is 4.35. The van der Waals surface area contributed by atoms with E-state index in [0.29, 0.717) is 6.04 Å². The van der Waals surface area contributed by atoms with Crippen molar-refractivity contribution in [1.82, 2.24) is 15.1 Å². The van der Waals surface area contributed by atoms with Crippen molar-refractivity contribution in [3.05, 3.63) is 48.3 Å². The first-order valence-corrected chi connectivity index (χ1v) is 8.05. The Morgan fingerprint density at radius 2 is 1.86 bits per heavy atom. The Balaban J connectivity index is 2.10. The molecule has 2 rings (SSSR count). The Morgan fingerprint density at radius 1 is 1.10 bits per heavy atom. The summed E-state index contributed by atoms with van der Waals surface area (Å²) >= 11 is 0. The van der Waals surface area contributed by atoms with E-state index in [4.69, 9.17) is 5.10 Å². The lowest BCUT2D eigenvalue weighted by Crippen LogP contribution is -2.23. The average molecular weight is 285 g/mol. The number of para-hydroxylation sites is 1. The minimum atomic E-state index is 0.359. The van der Waals surface area contributed by atoms with Gasteiger partial charge in [0, 0.05) is 6.20 Å². The first-order chi connectivity index (χ1) is 10.2. The van der Waals surface area contributed by atoms with Crippen LogP contribution in [0.25, 0.3) is 5.69 Å². The second-order valence-electron chi connectivity index (χ2n) is 6.00. The van der Waals surface area contributed by atoms with Gasteiger partial charge in [-0.15, -0.1) is 0 Å². The number of rotatable bonds is 8. The van der Waals surface area contributed by atoms with E-state index in [1.807, 2.05) is 22.9 Å². The minimum Gasteiger partial charge on any atom is -0.309 e. The number of aromatic nitrogens is 2. The predicted molar refractivity (Wildman–Crippen MR) is 88.7 cm³/mol. The number of nitrogens with zero attached hydrogens (tertiary/aromatic N) is 2. The first kappa shape index (κ1) is 15.8. The molecule has 1 aromatic carbocycles. The maximum atomic E-state index is 4.77. The molecule has 2 aromatic rings. The van der Waals surface area contributed by atoms with Crippen molar-refractivity contribution in [3.63, 3.8) is 0 Å². The highest BCUT2D eigenvalue weighted by Crippen LogP contribution is 2.20. The summed E-state index contributed by atoms with van der Waals surface area (Å²) in [6, 6.07) is 12.8. The Labute approximate surface area is 128 Å². The molecule has 21 heavy (non-hydrogen) atoms. The third-order valence-corrected chi connectivity index (χ3v) is 3.66. The van der Waals surface area contributed by atoms with Crippen LogP contribution in [0.5, 0.6) is 0 Å². The van der Waals surface area contributed by atoms with Crippen molar-refractivity contribution >= 4 is 0 Å². The van der Waals surface area contributed by atoms with Gasteiger partial charge >= 0.3 is 0 Å². The highest BCUT2D eigenvalue weighted by molar-refractivity contribution is 5.30. The van der Waals surface area contributed by atoms with E-state index in [9.17, 15) is 0 Å².